The van der Waals surface area contributed by atoms with Crippen molar-refractivity contribution in [3.63, 3.8) is 0 Å². The van der Waals surface area contributed by atoms with Crippen molar-refractivity contribution in [1.82, 2.24) is 19.7 Å². The Hall–Kier alpha value is -2.17. The second-order valence-electron chi connectivity index (χ2n) is 7.20. The van der Waals surface area contributed by atoms with Crippen molar-refractivity contribution >= 4 is 5.91 Å². The number of carbonyl (C=O) groups is 1. The van der Waals surface area contributed by atoms with Gasteiger partial charge in [-0.1, -0.05) is 31.5 Å². The van der Waals surface area contributed by atoms with Crippen LogP contribution in [-0.4, -0.2) is 38.7 Å². The topological polar surface area (TPSA) is 51.0 Å². The van der Waals surface area contributed by atoms with Crippen LogP contribution >= 0.6 is 0 Å². The maximum atomic E-state index is 12.9. The number of carbonyl (C=O) groups excluding carboxylic acids is 1. The van der Waals surface area contributed by atoms with Gasteiger partial charge in [0.15, 0.2) is 0 Å². The van der Waals surface area contributed by atoms with Crippen LogP contribution in [0.2, 0.25) is 0 Å². The van der Waals surface area contributed by atoms with Gasteiger partial charge in [-0.05, 0) is 36.8 Å². The largest absolute Gasteiger partial charge is 0.337 e. The van der Waals surface area contributed by atoms with Crippen molar-refractivity contribution in [3.05, 3.63) is 48.0 Å². The highest BCUT2D eigenvalue weighted by molar-refractivity contribution is 5.94. The molecule has 1 saturated heterocycles. The number of benzene rings is 1. The lowest BCUT2D eigenvalue weighted by Crippen LogP contribution is -2.38. The lowest BCUT2D eigenvalue weighted by atomic mass is 9.62. The molecule has 126 valence electrons. The zero-order valence-electron chi connectivity index (χ0n) is 14.2. The summed E-state index contributed by atoms with van der Waals surface area (Å²) in [4.78, 5) is 14.9. The molecule has 5 nitrogen and oxygen atoms in total. The molecule has 4 rings (SSSR count). The maximum absolute atomic E-state index is 12.9. The van der Waals surface area contributed by atoms with Gasteiger partial charge in [0.05, 0.1) is 0 Å². The lowest BCUT2D eigenvalue weighted by molar-refractivity contribution is 0.0723. The fourth-order valence-electron chi connectivity index (χ4n) is 4.33. The first kappa shape index (κ1) is 15.4. The van der Waals surface area contributed by atoms with Crippen molar-refractivity contribution in [2.45, 2.75) is 45.1 Å². The molecule has 2 aromatic rings. The number of rotatable bonds is 4. The predicted molar refractivity (Wildman–Crippen MR) is 91.7 cm³/mol. The van der Waals surface area contributed by atoms with E-state index < -0.39 is 0 Å². The molecule has 1 aliphatic carbocycles. The van der Waals surface area contributed by atoms with Crippen LogP contribution in [0.4, 0.5) is 0 Å². The molecule has 2 aliphatic rings. The molecule has 1 unspecified atom stereocenters. The van der Waals surface area contributed by atoms with Gasteiger partial charge in [-0.2, -0.15) is 0 Å². The summed E-state index contributed by atoms with van der Waals surface area (Å²) in [6.07, 6.45) is 6.54. The third-order valence-electron chi connectivity index (χ3n) is 5.73. The Morgan fingerprint density at radius 1 is 1.29 bits per heavy atom. The van der Waals surface area contributed by atoms with E-state index in [9.17, 15) is 4.79 Å². The van der Waals surface area contributed by atoms with Crippen LogP contribution in [0.15, 0.2) is 36.7 Å². The normalized spacial score (nSPS) is 21.9. The standard InChI is InChI=1S/C19H24N4O/c1-2-11-22-14-20-21-17(22)16-12-23(13-19(16)9-6-10-19)18(24)15-7-4-3-5-8-15/h3-5,7-8,14,16H,2,6,9-13H2,1H3. The zero-order chi connectivity index (χ0) is 16.6. The monoisotopic (exact) mass is 324 g/mol. The van der Waals surface area contributed by atoms with Crippen molar-refractivity contribution in [1.29, 1.82) is 0 Å². The summed E-state index contributed by atoms with van der Waals surface area (Å²) in [5.41, 5.74) is 0.992. The Kier molecular flexibility index (Phi) is 3.87. The van der Waals surface area contributed by atoms with Gasteiger partial charge in [-0.15, -0.1) is 10.2 Å². The summed E-state index contributed by atoms with van der Waals surface area (Å²) in [5.74, 6) is 1.53. The van der Waals surface area contributed by atoms with E-state index in [1.807, 2.05) is 41.6 Å². The highest BCUT2D eigenvalue weighted by Crippen LogP contribution is 2.55. The molecule has 0 N–H and O–H groups in total. The molecule has 5 heteroatoms. The highest BCUT2D eigenvalue weighted by atomic mass is 16.2. The smallest absolute Gasteiger partial charge is 0.253 e. The summed E-state index contributed by atoms with van der Waals surface area (Å²) < 4.78 is 2.18. The van der Waals surface area contributed by atoms with Gasteiger partial charge in [0.25, 0.3) is 5.91 Å². The molecule has 1 atom stereocenters. The third kappa shape index (κ3) is 2.43. The molecular weight excluding hydrogens is 300 g/mol. The average molecular weight is 324 g/mol. The minimum Gasteiger partial charge on any atom is -0.337 e. The number of likely N-dealkylation sites (tertiary alicyclic amines) is 1. The van der Waals surface area contributed by atoms with E-state index in [1.54, 1.807) is 0 Å². The van der Waals surface area contributed by atoms with Crippen molar-refractivity contribution in [2.75, 3.05) is 13.1 Å². The molecule has 1 amide bonds. The Balaban J connectivity index is 1.61. The minimum absolute atomic E-state index is 0.144. The Labute approximate surface area is 142 Å². The predicted octanol–water partition coefficient (Wildman–Crippen LogP) is 3.10. The van der Waals surface area contributed by atoms with Gasteiger partial charge in [-0.3, -0.25) is 4.79 Å². The van der Waals surface area contributed by atoms with Crippen LogP contribution in [-0.2, 0) is 6.54 Å². The molecule has 24 heavy (non-hydrogen) atoms. The Morgan fingerprint density at radius 3 is 2.75 bits per heavy atom. The van der Waals surface area contributed by atoms with Gasteiger partial charge in [0, 0.05) is 31.1 Å². The Bertz CT molecular complexity index is 720. The molecule has 2 heterocycles. The van der Waals surface area contributed by atoms with Crippen molar-refractivity contribution < 1.29 is 4.79 Å². The van der Waals surface area contributed by atoms with E-state index in [2.05, 4.69) is 21.7 Å². The summed E-state index contributed by atoms with van der Waals surface area (Å²) >= 11 is 0. The SMILES string of the molecule is CCCn1cnnc1C1CN(C(=O)c2ccccc2)CC12CCC2. The van der Waals surface area contributed by atoms with Gasteiger partial charge in [-0.25, -0.2) is 0 Å². The fourth-order valence-corrected chi connectivity index (χ4v) is 4.33. The van der Waals surface area contributed by atoms with Crippen LogP contribution in [0.3, 0.4) is 0 Å². The number of nitrogens with zero attached hydrogens (tertiary/aromatic N) is 4. The van der Waals surface area contributed by atoms with E-state index in [4.69, 9.17) is 0 Å². The van der Waals surface area contributed by atoms with Crippen LogP contribution in [0.25, 0.3) is 0 Å². The molecule has 0 radical (unpaired) electrons. The molecule has 1 spiro atoms. The molecular formula is C19H24N4O. The minimum atomic E-state index is 0.144. The number of amides is 1. The van der Waals surface area contributed by atoms with E-state index in [0.29, 0.717) is 5.92 Å². The van der Waals surface area contributed by atoms with Gasteiger partial charge in [0.2, 0.25) is 0 Å². The van der Waals surface area contributed by atoms with E-state index in [-0.39, 0.29) is 11.3 Å². The van der Waals surface area contributed by atoms with Gasteiger partial charge in [0.1, 0.15) is 12.2 Å². The van der Waals surface area contributed by atoms with E-state index >= 15 is 0 Å². The zero-order valence-corrected chi connectivity index (χ0v) is 14.2. The first-order valence-corrected chi connectivity index (χ1v) is 8.95. The molecule has 0 bridgehead atoms. The number of aryl methyl sites for hydroxylation is 1. The summed E-state index contributed by atoms with van der Waals surface area (Å²) in [5, 5.41) is 8.58. The highest BCUT2D eigenvalue weighted by Gasteiger charge is 2.53. The van der Waals surface area contributed by atoms with Crippen LogP contribution in [0, 0.1) is 5.41 Å². The van der Waals surface area contributed by atoms with Gasteiger partial charge >= 0.3 is 0 Å². The molecule has 2 fully saturated rings. The first-order chi connectivity index (χ1) is 11.7. The molecule has 1 aromatic carbocycles. The summed E-state index contributed by atoms with van der Waals surface area (Å²) in [7, 11) is 0. The van der Waals surface area contributed by atoms with Crippen LogP contribution in [0.5, 0.6) is 0 Å². The lowest BCUT2D eigenvalue weighted by Gasteiger charge is -2.42. The third-order valence-corrected chi connectivity index (χ3v) is 5.73. The first-order valence-electron chi connectivity index (χ1n) is 8.95. The fraction of sp³-hybridized carbons (Fsp3) is 0.526. The second-order valence-corrected chi connectivity index (χ2v) is 7.20. The second kappa shape index (κ2) is 6.04. The average Bonchev–Trinajstić information content (AvgIpc) is 3.19. The van der Waals surface area contributed by atoms with Crippen LogP contribution in [0.1, 0.15) is 54.7 Å². The quantitative estimate of drug-likeness (QED) is 0.868. The maximum Gasteiger partial charge on any atom is 0.253 e. The summed E-state index contributed by atoms with van der Waals surface area (Å²) in [6, 6.07) is 9.62. The van der Waals surface area contributed by atoms with Gasteiger partial charge < -0.3 is 9.47 Å². The van der Waals surface area contributed by atoms with E-state index in [0.717, 1.165) is 37.4 Å². The van der Waals surface area contributed by atoms with E-state index in [1.165, 1.54) is 19.3 Å². The molecule has 1 aromatic heterocycles. The molecule has 1 aliphatic heterocycles. The number of hydrogen-bond acceptors (Lipinski definition) is 3. The summed E-state index contributed by atoms with van der Waals surface area (Å²) in [6.45, 7) is 4.73. The number of hydrogen-bond donors (Lipinski definition) is 0. The van der Waals surface area contributed by atoms with Crippen LogP contribution < -0.4 is 0 Å². The number of aromatic nitrogens is 3. The molecule has 1 saturated carbocycles. The van der Waals surface area contributed by atoms with Crippen molar-refractivity contribution in [2.24, 2.45) is 5.41 Å². The van der Waals surface area contributed by atoms with Crippen molar-refractivity contribution in [3.8, 4) is 0 Å². The Morgan fingerprint density at radius 2 is 2.08 bits per heavy atom.